The molecular weight excluding hydrogens is 274 g/mol. The van der Waals surface area contributed by atoms with Crippen molar-refractivity contribution >= 4 is 17.2 Å². The van der Waals surface area contributed by atoms with Crippen molar-refractivity contribution in [3.8, 4) is 0 Å². The lowest BCUT2D eigenvalue weighted by molar-refractivity contribution is -0.120. The van der Waals surface area contributed by atoms with Gasteiger partial charge in [0.25, 0.3) is 0 Å². The quantitative estimate of drug-likeness (QED) is 0.894. The molecule has 0 unspecified atom stereocenters. The van der Waals surface area contributed by atoms with Crippen molar-refractivity contribution in [2.45, 2.75) is 27.2 Å². The molecule has 20 heavy (non-hydrogen) atoms. The number of thiazole rings is 1. The summed E-state index contributed by atoms with van der Waals surface area (Å²) in [4.78, 5) is 18.3. The van der Waals surface area contributed by atoms with Crippen molar-refractivity contribution in [2.75, 3.05) is 39.4 Å². The van der Waals surface area contributed by atoms with Gasteiger partial charge in [0, 0.05) is 31.6 Å². The van der Waals surface area contributed by atoms with Crippen molar-refractivity contribution in [1.29, 1.82) is 0 Å². The molecule has 1 aliphatic heterocycles. The van der Waals surface area contributed by atoms with Crippen molar-refractivity contribution in [2.24, 2.45) is 0 Å². The van der Waals surface area contributed by atoms with Crippen LogP contribution in [0.2, 0.25) is 0 Å². The minimum Gasteiger partial charge on any atom is -0.379 e. The SMILES string of the molecule is CC.Cc1nc(CC(=O)NCCN2CCOCC2)cs1. The molecule has 0 saturated carbocycles. The minimum absolute atomic E-state index is 0.0496. The molecule has 6 heteroatoms. The van der Waals surface area contributed by atoms with Crippen LogP contribution in [0.5, 0.6) is 0 Å². The van der Waals surface area contributed by atoms with Crippen LogP contribution in [0.25, 0.3) is 0 Å². The lowest BCUT2D eigenvalue weighted by Gasteiger charge is -2.26. The van der Waals surface area contributed by atoms with Gasteiger partial charge in [-0.25, -0.2) is 4.98 Å². The number of hydrogen-bond acceptors (Lipinski definition) is 5. The Balaban J connectivity index is 0.000000956. The fourth-order valence-electron chi connectivity index (χ4n) is 1.89. The van der Waals surface area contributed by atoms with Gasteiger partial charge in [-0.2, -0.15) is 0 Å². The number of hydrogen-bond donors (Lipinski definition) is 1. The van der Waals surface area contributed by atoms with Gasteiger partial charge < -0.3 is 10.1 Å². The highest BCUT2D eigenvalue weighted by Gasteiger charge is 2.10. The number of morpholine rings is 1. The first-order valence-corrected chi connectivity index (χ1v) is 8.10. The third kappa shape index (κ3) is 6.45. The fourth-order valence-corrected chi connectivity index (χ4v) is 2.51. The van der Waals surface area contributed by atoms with Gasteiger partial charge in [0.15, 0.2) is 0 Å². The van der Waals surface area contributed by atoms with E-state index in [1.165, 1.54) is 0 Å². The predicted molar refractivity (Wildman–Crippen MR) is 82.2 cm³/mol. The molecule has 114 valence electrons. The summed E-state index contributed by atoms with van der Waals surface area (Å²) in [6.07, 6.45) is 0.382. The molecule has 1 fully saturated rings. The smallest absolute Gasteiger partial charge is 0.226 e. The number of ether oxygens (including phenoxy) is 1. The number of carbonyl (C=O) groups is 1. The van der Waals surface area contributed by atoms with Gasteiger partial charge >= 0.3 is 0 Å². The number of aryl methyl sites for hydroxylation is 1. The number of aromatic nitrogens is 1. The maximum absolute atomic E-state index is 11.7. The van der Waals surface area contributed by atoms with E-state index in [4.69, 9.17) is 4.74 Å². The largest absolute Gasteiger partial charge is 0.379 e. The Morgan fingerprint density at radius 3 is 2.75 bits per heavy atom. The van der Waals surface area contributed by atoms with Gasteiger partial charge in [-0.05, 0) is 6.92 Å². The third-order valence-corrected chi connectivity index (χ3v) is 3.68. The fraction of sp³-hybridized carbons (Fsp3) is 0.714. The van der Waals surface area contributed by atoms with E-state index in [1.807, 2.05) is 26.2 Å². The van der Waals surface area contributed by atoms with Crippen molar-refractivity contribution in [3.05, 3.63) is 16.1 Å². The molecule has 1 aromatic heterocycles. The molecule has 1 aliphatic rings. The highest BCUT2D eigenvalue weighted by atomic mass is 32.1. The number of amides is 1. The second-order valence-electron chi connectivity index (χ2n) is 4.34. The highest BCUT2D eigenvalue weighted by Crippen LogP contribution is 2.08. The standard InChI is InChI=1S/C12H19N3O2S.C2H6/c1-10-14-11(9-18-10)8-12(16)13-2-3-15-4-6-17-7-5-15;1-2/h9H,2-8H2,1H3,(H,13,16);1-2H3. The molecule has 0 radical (unpaired) electrons. The Labute approximate surface area is 125 Å². The number of nitrogens with zero attached hydrogens (tertiary/aromatic N) is 2. The summed E-state index contributed by atoms with van der Waals surface area (Å²) in [5, 5.41) is 5.88. The summed E-state index contributed by atoms with van der Waals surface area (Å²) < 4.78 is 5.27. The van der Waals surface area contributed by atoms with Crippen molar-refractivity contribution in [3.63, 3.8) is 0 Å². The van der Waals surface area contributed by atoms with E-state index in [2.05, 4.69) is 15.2 Å². The number of carbonyl (C=O) groups excluding carboxylic acids is 1. The minimum atomic E-state index is 0.0496. The van der Waals surface area contributed by atoms with E-state index < -0.39 is 0 Å². The zero-order chi connectivity index (χ0) is 14.8. The number of rotatable bonds is 5. The first-order chi connectivity index (χ1) is 9.74. The molecule has 1 N–H and O–H groups in total. The Kier molecular flexibility index (Phi) is 8.41. The predicted octanol–water partition coefficient (Wildman–Crippen LogP) is 1.47. The van der Waals surface area contributed by atoms with Crippen LogP contribution in [0.4, 0.5) is 0 Å². The second kappa shape index (κ2) is 9.85. The van der Waals surface area contributed by atoms with Gasteiger partial charge in [-0.3, -0.25) is 9.69 Å². The monoisotopic (exact) mass is 299 g/mol. The topological polar surface area (TPSA) is 54.5 Å². The molecule has 1 amide bonds. The Bertz CT molecular complexity index is 390. The first-order valence-electron chi connectivity index (χ1n) is 7.22. The van der Waals surface area contributed by atoms with Crippen LogP contribution in [0, 0.1) is 6.92 Å². The molecule has 0 atom stereocenters. The molecule has 0 spiro atoms. The van der Waals surface area contributed by atoms with E-state index in [-0.39, 0.29) is 5.91 Å². The molecule has 0 aliphatic carbocycles. The van der Waals surface area contributed by atoms with Crippen LogP contribution < -0.4 is 5.32 Å². The average Bonchev–Trinajstić information content (AvgIpc) is 2.87. The molecule has 0 bridgehead atoms. The van der Waals surface area contributed by atoms with Crippen molar-refractivity contribution in [1.82, 2.24) is 15.2 Å². The van der Waals surface area contributed by atoms with Gasteiger partial charge in [-0.15, -0.1) is 11.3 Å². The van der Waals surface area contributed by atoms with E-state index >= 15 is 0 Å². The molecule has 1 aromatic rings. The summed E-state index contributed by atoms with van der Waals surface area (Å²) in [5.41, 5.74) is 0.862. The molecule has 2 heterocycles. The Hall–Kier alpha value is -0.980. The summed E-state index contributed by atoms with van der Waals surface area (Å²) in [6.45, 7) is 11.1. The summed E-state index contributed by atoms with van der Waals surface area (Å²) >= 11 is 1.58. The maximum atomic E-state index is 11.7. The third-order valence-electron chi connectivity index (χ3n) is 2.86. The van der Waals surface area contributed by atoms with Gasteiger partial charge in [0.05, 0.1) is 30.3 Å². The van der Waals surface area contributed by atoms with Gasteiger partial charge in [0.1, 0.15) is 0 Å². The maximum Gasteiger partial charge on any atom is 0.226 e. The van der Waals surface area contributed by atoms with Crippen LogP contribution >= 0.6 is 11.3 Å². The Morgan fingerprint density at radius 2 is 2.15 bits per heavy atom. The van der Waals surface area contributed by atoms with E-state index in [9.17, 15) is 4.79 Å². The normalized spacial score (nSPS) is 15.3. The molecule has 5 nitrogen and oxygen atoms in total. The summed E-state index contributed by atoms with van der Waals surface area (Å²) in [6, 6.07) is 0. The lowest BCUT2D eigenvalue weighted by Crippen LogP contribution is -2.41. The summed E-state index contributed by atoms with van der Waals surface area (Å²) in [5.74, 6) is 0.0496. The van der Waals surface area contributed by atoms with E-state index in [1.54, 1.807) is 11.3 Å². The van der Waals surface area contributed by atoms with Crippen LogP contribution in [-0.4, -0.2) is 55.2 Å². The van der Waals surface area contributed by atoms with E-state index in [0.717, 1.165) is 43.5 Å². The van der Waals surface area contributed by atoms with Crippen molar-refractivity contribution < 1.29 is 9.53 Å². The van der Waals surface area contributed by atoms with Crippen LogP contribution in [0.1, 0.15) is 24.5 Å². The Morgan fingerprint density at radius 1 is 1.45 bits per heavy atom. The molecular formula is C14H25N3O2S. The highest BCUT2D eigenvalue weighted by molar-refractivity contribution is 7.09. The molecule has 0 aromatic carbocycles. The molecule has 1 saturated heterocycles. The zero-order valence-electron chi connectivity index (χ0n) is 12.6. The van der Waals surface area contributed by atoms with Gasteiger partial charge in [-0.1, -0.05) is 13.8 Å². The lowest BCUT2D eigenvalue weighted by atomic mass is 10.3. The first kappa shape index (κ1) is 17.1. The van der Waals surface area contributed by atoms with Crippen LogP contribution in [0.15, 0.2) is 5.38 Å². The van der Waals surface area contributed by atoms with Crippen LogP contribution in [-0.2, 0) is 16.0 Å². The van der Waals surface area contributed by atoms with Gasteiger partial charge in [0.2, 0.25) is 5.91 Å². The van der Waals surface area contributed by atoms with E-state index in [0.29, 0.717) is 13.0 Å². The number of nitrogens with one attached hydrogen (secondary N) is 1. The zero-order valence-corrected chi connectivity index (χ0v) is 13.5. The average molecular weight is 299 g/mol. The summed E-state index contributed by atoms with van der Waals surface area (Å²) in [7, 11) is 0. The molecule has 2 rings (SSSR count). The second-order valence-corrected chi connectivity index (χ2v) is 5.40. The van der Waals surface area contributed by atoms with Crippen LogP contribution in [0.3, 0.4) is 0 Å².